The van der Waals surface area contributed by atoms with Gasteiger partial charge in [-0.15, -0.1) is 0 Å². The van der Waals surface area contributed by atoms with Gasteiger partial charge in [0.2, 0.25) is 0 Å². The molecule has 2 aliphatic heterocycles. The summed E-state index contributed by atoms with van der Waals surface area (Å²) >= 11 is 3.51. The van der Waals surface area contributed by atoms with Crippen LogP contribution in [-0.2, 0) is 11.2 Å². The average Bonchev–Trinajstić information content (AvgIpc) is 2.26. The zero-order chi connectivity index (χ0) is 12.0. The molecule has 0 bridgehead atoms. The van der Waals surface area contributed by atoms with Crippen molar-refractivity contribution in [1.82, 2.24) is 0 Å². The molecule has 0 aliphatic carbocycles. The maximum atomic E-state index is 12.1. The lowest BCUT2D eigenvalue weighted by molar-refractivity contribution is -0.162. The molecule has 3 rings (SSSR count). The summed E-state index contributed by atoms with van der Waals surface area (Å²) in [4.78, 5) is 12.1. The Kier molecular flexibility index (Phi) is 2.52. The van der Waals surface area contributed by atoms with Gasteiger partial charge in [-0.05, 0) is 24.1 Å². The fourth-order valence-corrected chi connectivity index (χ4v) is 2.92. The summed E-state index contributed by atoms with van der Waals surface area (Å²) in [7, 11) is 0. The fraction of sp³-hybridized carbons (Fsp3) is 0.462. The Hall–Kier alpha value is -0.870. The molecule has 1 fully saturated rings. The highest BCUT2D eigenvalue weighted by molar-refractivity contribution is 9.10. The number of halogens is 1. The van der Waals surface area contributed by atoms with E-state index in [0.717, 1.165) is 16.5 Å². The van der Waals surface area contributed by atoms with Crippen LogP contribution < -0.4 is 4.74 Å². The molecule has 0 radical (unpaired) electrons. The van der Waals surface area contributed by atoms with Crippen LogP contribution in [0.1, 0.15) is 29.3 Å². The second-order valence-corrected chi connectivity index (χ2v) is 5.53. The second-order valence-electron chi connectivity index (χ2n) is 4.67. The number of benzene rings is 1. The van der Waals surface area contributed by atoms with Crippen molar-refractivity contribution in [2.45, 2.75) is 25.4 Å². The average molecular weight is 297 g/mol. The smallest absolute Gasteiger partial charge is 0.170 e. The molecule has 1 aromatic carbocycles. The van der Waals surface area contributed by atoms with E-state index in [-0.39, 0.29) is 5.78 Å². The van der Waals surface area contributed by atoms with E-state index in [1.165, 1.54) is 0 Å². The van der Waals surface area contributed by atoms with Crippen molar-refractivity contribution in [1.29, 1.82) is 0 Å². The van der Waals surface area contributed by atoms with E-state index < -0.39 is 5.60 Å². The molecule has 1 saturated heterocycles. The number of rotatable bonds is 1. The molecule has 2 heterocycles. The minimum absolute atomic E-state index is 0.164. The molecule has 90 valence electrons. The highest BCUT2D eigenvalue weighted by Gasteiger charge is 2.47. The molecule has 0 unspecified atom stereocenters. The Morgan fingerprint density at radius 2 is 2.18 bits per heavy atom. The third kappa shape index (κ3) is 1.70. The van der Waals surface area contributed by atoms with Crippen LogP contribution in [0.4, 0.5) is 0 Å². The van der Waals surface area contributed by atoms with Gasteiger partial charge in [0.25, 0.3) is 0 Å². The van der Waals surface area contributed by atoms with E-state index in [1.807, 2.05) is 12.1 Å². The number of hydrogen-bond acceptors (Lipinski definition) is 3. The van der Waals surface area contributed by atoms with Gasteiger partial charge in [0.05, 0.1) is 25.2 Å². The maximum absolute atomic E-state index is 12.1. The van der Waals surface area contributed by atoms with Gasteiger partial charge in [-0.2, -0.15) is 0 Å². The first kappa shape index (κ1) is 11.2. The van der Waals surface area contributed by atoms with Gasteiger partial charge in [-0.1, -0.05) is 22.9 Å². The van der Waals surface area contributed by atoms with Crippen LogP contribution in [0.3, 0.4) is 0 Å². The van der Waals surface area contributed by atoms with Gasteiger partial charge in [0.15, 0.2) is 11.4 Å². The summed E-state index contributed by atoms with van der Waals surface area (Å²) in [5.74, 6) is 0.852. The molecular weight excluding hydrogens is 284 g/mol. The first-order valence-corrected chi connectivity index (χ1v) is 6.55. The quantitative estimate of drug-likeness (QED) is 0.799. The van der Waals surface area contributed by atoms with Crippen LogP contribution >= 0.6 is 15.9 Å². The number of Topliss-reactive ketones (excluding diaryl/α,β-unsaturated/α-hetero) is 1. The minimum atomic E-state index is -0.392. The van der Waals surface area contributed by atoms with Crippen LogP contribution in [0, 0.1) is 0 Å². The second kappa shape index (κ2) is 3.82. The standard InChI is InChI=1S/C13H13BrO3/c1-2-8-3-9-11(15)5-13(6-16-7-13)17-12(9)4-10(8)14/h3-4H,2,5-7H2,1H3. The van der Waals surface area contributed by atoms with E-state index in [9.17, 15) is 4.79 Å². The molecule has 0 amide bonds. The summed E-state index contributed by atoms with van der Waals surface area (Å²) in [6, 6.07) is 3.85. The maximum Gasteiger partial charge on any atom is 0.170 e. The fourth-order valence-electron chi connectivity index (χ4n) is 2.32. The molecule has 17 heavy (non-hydrogen) atoms. The van der Waals surface area contributed by atoms with E-state index in [1.54, 1.807) is 0 Å². The topological polar surface area (TPSA) is 35.5 Å². The van der Waals surface area contributed by atoms with Crippen molar-refractivity contribution in [3.63, 3.8) is 0 Å². The number of carbonyl (C=O) groups is 1. The van der Waals surface area contributed by atoms with Gasteiger partial charge >= 0.3 is 0 Å². The van der Waals surface area contributed by atoms with Crippen molar-refractivity contribution in [3.8, 4) is 5.75 Å². The molecule has 2 aliphatic rings. The van der Waals surface area contributed by atoms with Gasteiger partial charge in [-0.25, -0.2) is 0 Å². The number of aryl methyl sites for hydroxylation is 1. The lowest BCUT2D eigenvalue weighted by Gasteiger charge is -2.43. The van der Waals surface area contributed by atoms with E-state index >= 15 is 0 Å². The first-order chi connectivity index (χ1) is 8.13. The zero-order valence-electron chi connectivity index (χ0n) is 9.59. The number of ether oxygens (including phenoxy) is 2. The predicted octanol–water partition coefficient (Wildman–Crippen LogP) is 2.75. The van der Waals surface area contributed by atoms with Crippen LogP contribution in [0.5, 0.6) is 5.75 Å². The van der Waals surface area contributed by atoms with Crippen molar-refractivity contribution < 1.29 is 14.3 Å². The van der Waals surface area contributed by atoms with Gasteiger partial charge in [0, 0.05) is 4.47 Å². The lowest BCUT2D eigenvalue weighted by Crippen LogP contribution is -2.57. The first-order valence-electron chi connectivity index (χ1n) is 5.76. The monoisotopic (exact) mass is 296 g/mol. The van der Waals surface area contributed by atoms with Crippen molar-refractivity contribution in [3.05, 3.63) is 27.7 Å². The van der Waals surface area contributed by atoms with E-state index in [2.05, 4.69) is 22.9 Å². The van der Waals surface area contributed by atoms with Crippen LogP contribution in [0.15, 0.2) is 16.6 Å². The molecule has 0 N–H and O–H groups in total. The Balaban J connectivity index is 2.05. The molecule has 1 spiro atoms. The summed E-state index contributed by atoms with van der Waals surface area (Å²) < 4.78 is 12.1. The number of carbonyl (C=O) groups excluding carboxylic acids is 1. The predicted molar refractivity (Wildman–Crippen MR) is 66.6 cm³/mol. The molecule has 4 heteroatoms. The number of hydrogen-bond donors (Lipinski definition) is 0. The zero-order valence-corrected chi connectivity index (χ0v) is 11.2. The summed E-state index contributed by atoms with van der Waals surface area (Å²) in [5, 5.41) is 0. The third-order valence-corrected chi connectivity index (χ3v) is 4.11. The normalized spacial score (nSPS) is 20.7. The van der Waals surface area contributed by atoms with Crippen molar-refractivity contribution in [2.75, 3.05) is 13.2 Å². The Bertz CT molecular complexity index is 492. The molecule has 0 saturated carbocycles. The molecular formula is C13H13BrO3. The summed E-state index contributed by atoms with van der Waals surface area (Å²) in [6.07, 6.45) is 1.33. The van der Waals surface area contributed by atoms with Crippen molar-refractivity contribution in [2.24, 2.45) is 0 Å². The Morgan fingerprint density at radius 1 is 1.41 bits per heavy atom. The molecule has 0 aromatic heterocycles. The van der Waals surface area contributed by atoms with Crippen LogP contribution in [0.25, 0.3) is 0 Å². The van der Waals surface area contributed by atoms with E-state index in [0.29, 0.717) is 30.9 Å². The van der Waals surface area contributed by atoms with Crippen LogP contribution in [0.2, 0.25) is 0 Å². The number of ketones is 1. The Morgan fingerprint density at radius 3 is 2.76 bits per heavy atom. The highest BCUT2D eigenvalue weighted by Crippen LogP contribution is 2.39. The molecule has 1 aromatic rings. The van der Waals surface area contributed by atoms with Crippen LogP contribution in [-0.4, -0.2) is 24.6 Å². The van der Waals surface area contributed by atoms with Gasteiger partial charge in [0.1, 0.15) is 5.75 Å². The number of fused-ring (bicyclic) bond motifs is 1. The molecule has 0 atom stereocenters. The van der Waals surface area contributed by atoms with Crippen molar-refractivity contribution >= 4 is 21.7 Å². The van der Waals surface area contributed by atoms with E-state index in [4.69, 9.17) is 9.47 Å². The summed E-state index contributed by atoms with van der Waals surface area (Å²) in [6.45, 7) is 3.11. The Labute approximate surface area is 108 Å². The largest absolute Gasteiger partial charge is 0.481 e. The third-order valence-electron chi connectivity index (χ3n) is 3.37. The van der Waals surface area contributed by atoms with Gasteiger partial charge in [-0.3, -0.25) is 4.79 Å². The van der Waals surface area contributed by atoms with Gasteiger partial charge < -0.3 is 9.47 Å². The minimum Gasteiger partial charge on any atom is -0.481 e. The SMILES string of the molecule is CCc1cc2c(cc1Br)OC1(COC1)CC2=O. The lowest BCUT2D eigenvalue weighted by atomic mass is 9.88. The molecule has 3 nitrogen and oxygen atoms in total. The highest BCUT2D eigenvalue weighted by atomic mass is 79.9. The summed E-state index contributed by atoms with van der Waals surface area (Å²) in [5.41, 5.74) is 1.46.